The number of ether oxygens (including phenoxy) is 2. The van der Waals surface area contributed by atoms with Crippen molar-refractivity contribution < 1.29 is 43.0 Å². The maximum Gasteiger partial charge on any atom is 0.308 e. The van der Waals surface area contributed by atoms with Gasteiger partial charge in [-0.05, 0) is 62.0 Å². The minimum absolute atomic E-state index is 0.00629. The summed E-state index contributed by atoms with van der Waals surface area (Å²) >= 11 is 0. The van der Waals surface area contributed by atoms with Crippen LogP contribution in [0.25, 0.3) is 0 Å². The summed E-state index contributed by atoms with van der Waals surface area (Å²) in [6, 6.07) is 14.4. The van der Waals surface area contributed by atoms with Crippen LogP contribution in [0.15, 0.2) is 66.9 Å². The average molecular weight is 930 g/mol. The van der Waals surface area contributed by atoms with Crippen LogP contribution in [0, 0.1) is 11.8 Å². The molecule has 1 aliphatic heterocycles. The number of benzene rings is 2. The SMILES string of the molecule is CC[C@@](C)(OC(=O)CCNC(=O)CCc1cn[nH]n1)C(=O)[C@H](CC(C)C)NC(=O)[C@H](Cc1ccccc1)NC(=O)[C@H](CC(C)C)NC(=O)[C@H](CCc1ccccc1)NC(=O)CN1CCOCC1. The molecule has 2 aromatic carbocycles. The molecule has 3 aromatic rings. The molecule has 5 amide bonds. The third-order valence-electron chi connectivity index (χ3n) is 11.5. The third kappa shape index (κ3) is 19.0. The number of hydrogen-bond donors (Lipinski definition) is 6. The van der Waals surface area contributed by atoms with Crippen LogP contribution in [-0.4, -0.2) is 131 Å². The quantitative estimate of drug-likeness (QED) is 0.0577. The second-order valence-corrected chi connectivity index (χ2v) is 18.1. The highest BCUT2D eigenvalue weighted by atomic mass is 16.6. The first kappa shape index (κ1) is 53.6. The van der Waals surface area contributed by atoms with Crippen molar-refractivity contribution in [3.8, 4) is 0 Å². The van der Waals surface area contributed by atoms with E-state index < -0.39 is 59.2 Å². The Kier molecular flexibility index (Phi) is 22.1. The second-order valence-electron chi connectivity index (χ2n) is 18.1. The van der Waals surface area contributed by atoms with E-state index in [0.717, 1.165) is 11.1 Å². The number of carbonyl (C=O) groups is 7. The van der Waals surface area contributed by atoms with E-state index >= 15 is 0 Å². The number of H-pyrrole nitrogens is 1. The number of hydrogen-bond acceptors (Lipinski definition) is 12. The minimum atomic E-state index is -1.62. The van der Waals surface area contributed by atoms with E-state index in [2.05, 4.69) is 42.0 Å². The first-order valence-electron chi connectivity index (χ1n) is 23.5. The number of Topliss-reactive ketones (excluding diaryl/α,β-unsaturated/α-hetero) is 1. The lowest BCUT2D eigenvalue weighted by Crippen LogP contribution is -2.60. The number of aromatic nitrogens is 3. The highest BCUT2D eigenvalue weighted by Crippen LogP contribution is 2.23. The van der Waals surface area contributed by atoms with E-state index in [9.17, 15) is 33.6 Å². The molecule has 0 saturated carbocycles. The van der Waals surface area contributed by atoms with Crippen molar-refractivity contribution in [3.05, 3.63) is 83.7 Å². The molecule has 1 fully saturated rings. The Labute approximate surface area is 394 Å². The predicted molar refractivity (Wildman–Crippen MR) is 251 cm³/mol. The zero-order valence-electron chi connectivity index (χ0n) is 39.9. The zero-order valence-corrected chi connectivity index (χ0v) is 39.9. The van der Waals surface area contributed by atoms with Gasteiger partial charge >= 0.3 is 5.97 Å². The Morgan fingerprint density at radius 2 is 1.31 bits per heavy atom. The van der Waals surface area contributed by atoms with Crippen LogP contribution in [0.2, 0.25) is 0 Å². The molecule has 5 atom stereocenters. The lowest BCUT2D eigenvalue weighted by Gasteiger charge is -2.33. The van der Waals surface area contributed by atoms with Gasteiger partial charge in [-0.1, -0.05) is 95.3 Å². The fourth-order valence-electron chi connectivity index (χ4n) is 7.66. The molecular weight excluding hydrogens is 859 g/mol. The number of morpholine rings is 1. The minimum Gasteiger partial charge on any atom is -0.451 e. The van der Waals surface area contributed by atoms with Gasteiger partial charge in [0, 0.05) is 38.9 Å². The molecule has 18 heteroatoms. The van der Waals surface area contributed by atoms with Crippen molar-refractivity contribution >= 4 is 41.3 Å². The molecule has 67 heavy (non-hydrogen) atoms. The third-order valence-corrected chi connectivity index (χ3v) is 11.5. The maximum absolute atomic E-state index is 14.4. The number of nitrogens with zero attached hydrogens (tertiary/aromatic N) is 3. The first-order chi connectivity index (χ1) is 32.0. The van der Waals surface area contributed by atoms with Crippen LogP contribution in [0.1, 0.15) is 96.9 Å². The lowest BCUT2D eigenvalue weighted by molar-refractivity contribution is -0.167. The molecular formula is C49H71N9O9. The molecule has 1 saturated heterocycles. The van der Waals surface area contributed by atoms with Gasteiger partial charge in [-0.25, -0.2) is 0 Å². The van der Waals surface area contributed by atoms with E-state index in [1.807, 2.05) is 93.3 Å². The number of amides is 5. The Balaban J connectivity index is 1.49. The van der Waals surface area contributed by atoms with Crippen molar-refractivity contribution in [1.82, 2.24) is 46.9 Å². The van der Waals surface area contributed by atoms with Crippen molar-refractivity contribution in [2.45, 2.75) is 129 Å². The molecule has 0 aliphatic carbocycles. The summed E-state index contributed by atoms with van der Waals surface area (Å²) in [7, 11) is 0. The van der Waals surface area contributed by atoms with Crippen molar-refractivity contribution in [1.29, 1.82) is 0 Å². The van der Waals surface area contributed by atoms with Gasteiger partial charge in [0.05, 0.1) is 44.1 Å². The summed E-state index contributed by atoms with van der Waals surface area (Å²) in [6.07, 6.45) is 3.23. The standard InChI is InChI=1S/C49H71N9O9/c1-7-49(6,67-44(61)22-23-50-42(59)21-19-37-31-51-57-56-37)45(62)39(28-33(2)3)53-48(65)41(30-36-16-12-9-13-17-36)55-47(64)40(29-34(4)5)54-46(63)38(20-18-35-14-10-8-11-15-35)52-43(60)32-58-24-26-66-27-25-58/h8-17,31,33-34,38-41H,7,18-30,32H2,1-6H3,(H,50,59)(H,52,60)(H,53,65)(H,54,63)(H,55,64)(H,51,56,57)/t38-,39-,40-,41-,49+/m0/s1. The Hall–Kier alpha value is -6.01. The molecule has 0 unspecified atom stereocenters. The monoisotopic (exact) mass is 930 g/mol. The van der Waals surface area contributed by atoms with Gasteiger partial charge < -0.3 is 36.1 Å². The topological polar surface area (TPSA) is 243 Å². The number of aryl methyl sites for hydroxylation is 2. The maximum atomic E-state index is 14.4. The van der Waals surface area contributed by atoms with Gasteiger partial charge in [0.1, 0.15) is 18.1 Å². The molecule has 0 bridgehead atoms. The van der Waals surface area contributed by atoms with E-state index in [4.69, 9.17) is 9.47 Å². The highest BCUT2D eigenvalue weighted by molar-refractivity contribution is 5.98. The molecule has 18 nitrogen and oxygen atoms in total. The normalized spacial score (nSPS) is 15.6. The number of aromatic amines is 1. The summed E-state index contributed by atoms with van der Waals surface area (Å²) in [4.78, 5) is 98.1. The summed E-state index contributed by atoms with van der Waals surface area (Å²) in [5.74, 6) is -3.73. The van der Waals surface area contributed by atoms with Gasteiger partial charge in [-0.15, -0.1) is 0 Å². The number of ketones is 1. The molecule has 2 heterocycles. The van der Waals surface area contributed by atoms with E-state index in [0.29, 0.717) is 44.8 Å². The molecule has 1 aromatic heterocycles. The Bertz CT molecular complexity index is 2030. The summed E-state index contributed by atoms with van der Waals surface area (Å²) in [5.41, 5.74) is 0.726. The van der Waals surface area contributed by atoms with Crippen LogP contribution < -0.4 is 26.6 Å². The van der Waals surface area contributed by atoms with Crippen molar-refractivity contribution in [2.75, 3.05) is 39.4 Å². The van der Waals surface area contributed by atoms with Crippen LogP contribution in [-0.2, 0) is 62.3 Å². The number of esters is 1. The molecule has 4 rings (SSSR count). The molecule has 6 N–H and O–H groups in total. The molecule has 366 valence electrons. The smallest absolute Gasteiger partial charge is 0.308 e. The number of rotatable bonds is 28. The second kappa shape index (κ2) is 27.6. The summed E-state index contributed by atoms with van der Waals surface area (Å²) in [6.45, 7) is 13.1. The number of carbonyl (C=O) groups excluding carboxylic acids is 7. The van der Waals surface area contributed by atoms with Gasteiger partial charge in [0.15, 0.2) is 11.4 Å². The van der Waals surface area contributed by atoms with Crippen molar-refractivity contribution in [2.24, 2.45) is 11.8 Å². The fourth-order valence-corrected chi connectivity index (χ4v) is 7.66. The van der Waals surface area contributed by atoms with Gasteiger partial charge in [-0.3, -0.25) is 38.5 Å². The molecule has 0 radical (unpaired) electrons. The molecule has 1 aliphatic rings. The van der Waals surface area contributed by atoms with Crippen molar-refractivity contribution in [3.63, 3.8) is 0 Å². The fraction of sp³-hybridized carbons (Fsp3) is 0.571. The van der Waals surface area contributed by atoms with Gasteiger partial charge in [0.2, 0.25) is 29.5 Å². The Morgan fingerprint density at radius 1 is 0.731 bits per heavy atom. The van der Waals surface area contributed by atoms with E-state index in [1.165, 1.54) is 13.1 Å². The van der Waals surface area contributed by atoms with Crippen LogP contribution >= 0.6 is 0 Å². The lowest BCUT2D eigenvalue weighted by atomic mass is 9.87. The van der Waals surface area contributed by atoms with Crippen LogP contribution in [0.3, 0.4) is 0 Å². The van der Waals surface area contributed by atoms with Gasteiger partial charge in [-0.2, -0.15) is 15.4 Å². The largest absolute Gasteiger partial charge is 0.451 e. The van der Waals surface area contributed by atoms with Crippen LogP contribution in [0.5, 0.6) is 0 Å². The summed E-state index contributed by atoms with van der Waals surface area (Å²) < 4.78 is 11.2. The molecule has 0 spiro atoms. The van der Waals surface area contributed by atoms with Crippen LogP contribution in [0.4, 0.5) is 0 Å². The predicted octanol–water partition coefficient (Wildman–Crippen LogP) is 2.76. The Morgan fingerprint density at radius 3 is 1.93 bits per heavy atom. The summed E-state index contributed by atoms with van der Waals surface area (Å²) in [5, 5.41) is 24.4. The van der Waals surface area contributed by atoms with E-state index in [-0.39, 0.29) is 81.7 Å². The van der Waals surface area contributed by atoms with E-state index in [1.54, 1.807) is 6.92 Å². The first-order valence-corrected chi connectivity index (χ1v) is 23.5. The van der Waals surface area contributed by atoms with Gasteiger partial charge in [0.25, 0.3) is 0 Å². The number of nitrogens with one attached hydrogen (secondary N) is 6. The average Bonchev–Trinajstić information content (AvgIpc) is 3.83. The zero-order chi connectivity index (χ0) is 48.8. The highest BCUT2D eigenvalue weighted by Gasteiger charge is 2.42.